The SMILES string of the molecule is CCN(Cc1cccc(F)c1)C(=O)CCOc1cccc(Br)c1. The van der Waals surface area contributed by atoms with Crippen molar-refractivity contribution in [2.45, 2.75) is 19.9 Å². The standard InChI is InChI=1S/C18H19BrFNO2/c1-2-21(13-14-5-3-7-16(20)11-14)18(22)9-10-23-17-8-4-6-15(19)12-17/h3-8,11-12H,2,9-10,13H2,1H3. The Kier molecular flexibility index (Phi) is 6.59. The number of rotatable bonds is 7. The molecular weight excluding hydrogens is 361 g/mol. The second kappa shape index (κ2) is 8.67. The molecule has 1 amide bonds. The highest BCUT2D eigenvalue weighted by molar-refractivity contribution is 9.10. The smallest absolute Gasteiger partial charge is 0.226 e. The highest BCUT2D eigenvalue weighted by Crippen LogP contribution is 2.18. The summed E-state index contributed by atoms with van der Waals surface area (Å²) in [6.07, 6.45) is 0.287. The number of carbonyl (C=O) groups excluding carboxylic acids is 1. The molecular formula is C18H19BrFNO2. The first-order chi connectivity index (χ1) is 11.1. The van der Waals surface area contributed by atoms with Gasteiger partial charge in [0, 0.05) is 17.6 Å². The minimum atomic E-state index is -0.288. The topological polar surface area (TPSA) is 29.5 Å². The van der Waals surface area contributed by atoms with Gasteiger partial charge in [0.25, 0.3) is 0 Å². The Hall–Kier alpha value is -1.88. The van der Waals surface area contributed by atoms with Gasteiger partial charge >= 0.3 is 0 Å². The van der Waals surface area contributed by atoms with Crippen LogP contribution in [0.4, 0.5) is 4.39 Å². The molecule has 0 spiro atoms. The quantitative estimate of drug-likeness (QED) is 0.713. The van der Waals surface area contributed by atoms with Crippen LogP contribution in [0.15, 0.2) is 53.0 Å². The maximum atomic E-state index is 13.2. The van der Waals surface area contributed by atoms with E-state index in [0.717, 1.165) is 15.8 Å². The van der Waals surface area contributed by atoms with E-state index < -0.39 is 0 Å². The zero-order valence-corrected chi connectivity index (χ0v) is 14.6. The monoisotopic (exact) mass is 379 g/mol. The Morgan fingerprint density at radius 1 is 1.22 bits per heavy atom. The predicted molar refractivity (Wildman–Crippen MR) is 91.7 cm³/mol. The number of nitrogens with zero attached hydrogens (tertiary/aromatic N) is 1. The third-order valence-corrected chi connectivity index (χ3v) is 3.87. The average molecular weight is 380 g/mol. The van der Waals surface area contributed by atoms with E-state index in [0.29, 0.717) is 19.7 Å². The maximum Gasteiger partial charge on any atom is 0.226 e. The lowest BCUT2D eigenvalue weighted by molar-refractivity contribution is -0.132. The summed E-state index contributed by atoms with van der Waals surface area (Å²) in [7, 11) is 0. The van der Waals surface area contributed by atoms with Crippen LogP contribution in [0.25, 0.3) is 0 Å². The van der Waals surface area contributed by atoms with Crippen LogP contribution in [-0.4, -0.2) is 24.0 Å². The van der Waals surface area contributed by atoms with Crippen LogP contribution in [0.5, 0.6) is 5.75 Å². The lowest BCUT2D eigenvalue weighted by atomic mass is 10.2. The number of ether oxygens (including phenoxy) is 1. The summed E-state index contributed by atoms with van der Waals surface area (Å²) in [5, 5.41) is 0. The number of benzene rings is 2. The van der Waals surface area contributed by atoms with Gasteiger partial charge < -0.3 is 9.64 Å². The molecule has 0 aliphatic carbocycles. The number of halogens is 2. The second-order valence-corrected chi connectivity index (χ2v) is 6.01. The molecule has 2 rings (SSSR count). The summed E-state index contributed by atoms with van der Waals surface area (Å²) >= 11 is 3.37. The van der Waals surface area contributed by atoms with E-state index in [9.17, 15) is 9.18 Å². The lowest BCUT2D eigenvalue weighted by Crippen LogP contribution is -2.31. The van der Waals surface area contributed by atoms with E-state index in [1.165, 1.54) is 12.1 Å². The van der Waals surface area contributed by atoms with Crippen LogP contribution in [0, 0.1) is 5.82 Å². The van der Waals surface area contributed by atoms with Gasteiger partial charge in [-0.15, -0.1) is 0 Å². The molecule has 0 radical (unpaired) electrons. The summed E-state index contributed by atoms with van der Waals surface area (Å²) in [5.74, 6) is 0.427. The number of amides is 1. The molecule has 0 saturated heterocycles. The van der Waals surface area contributed by atoms with Gasteiger partial charge in [-0.2, -0.15) is 0 Å². The first-order valence-corrected chi connectivity index (χ1v) is 8.28. The average Bonchev–Trinajstić information content (AvgIpc) is 2.52. The normalized spacial score (nSPS) is 10.4. The van der Waals surface area contributed by atoms with Gasteiger partial charge in [0.15, 0.2) is 0 Å². The van der Waals surface area contributed by atoms with E-state index in [2.05, 4.69) is 15.9 Å². The van der Waals surface area contributed by atoms with Crippen molar-refractivity contribution >= 4 is 21.8 Å². The second-order valence-electron chi connectivity index (χ2n) is 5.09. The first-order valence-electron chi connectivity index (χ1n) is 7.49. The molecule has 122 valence electrons. The summed E-state index contributed by atoms with van der Waals surface area (Å²) in [6.45, 7) is 3.21. The van der Waals surface area contributed by atoms with Gasteiger partial charge in [0.05, 0.1) is 13.0 Å². The number of carbonyl (C=O) groups is 1. The minimum absolute atomic E-state index is 0.00763. The Morgan fingerprint density at radius 2 is 2.00 bits per heavy atom. The highest BCUT2D eigenvalue weighted by Gasteiger charge is 2.12. The van der Waals surface area contributed by atoms with Crippen molar-refractivity contribution in [2.75, 3.05) is 13.2 Å². The molecule has 2 aromatic rings. The molecule has 0 atom stereocenters. The molecule has 0 fully saturated rings. The van der Waals surface area contributed by atoms with Crippen LogP contribution in [0.2, 0.25) is 0 Å². The van der Waals surface area contributed by atoms with E-state index in [1.807, 2.05) is 37.3 Å². The minimum Gasteiger partial charge on any atom is -0.493 e. The fourth-order valence-electron chi connectivity index (χ4n) is 2.20. The van der Waals surface area contributed by atoms with Crippen LogP contribution < -0.4 is 4.74 Å². The fraction of sp³-hybridized carbons (Fsp3) is 0.278. The number of hydrogen-bond donors (Lipinski definition) is 0. The molecule has 5 heteroatoms. The van der Waals surface area contributed by atoms with Crippen molar-refractivity contribution in [2.24, 2.45) is 0 Å². The van der Waals surface area contributed by atoms with Crippen LogP contribution in [-0.2, 0) is 11.3 Å². The van der Waals surface area contributed by atoms with E-state index in [1.54, 1.807) is 11.0 Å². The molecule has 0 unspecified atom stereocenters. The van der Waals surface area contributed by atoms with Gasteiger partial charge in [0.1, 0.15) is 11.6 Å². The molecule has 3 nitrogen and oxygen atoms in total. The van der Waals surface area contributed by atoms with Crippen LogP contribution in [0.1, 0.15) is 18.9 Å². The van der Waals surface area contributed by atoms with Crippen LogP contribution in [0.3, 0.4) is 0 Å². The van der Waals surface area contributed by atoms with Gasteiger partial charge in [-0.25, -0.2) is 4.39 Å². The summed E-state index contributed by atoms with van der Waals surface area (Å²) in [5.41, 5.74) is 0.785. The molecule has 23 heavy (non-hydrogen) atoms. The van der Waals surface area contributed by atoms with Crippen molar-refractivity contribution < 1.29 is 13.9 Å². The molecule has 0 heterocycles. The summed E-state index contributed by atoms with van der Waals surface area (Å²) in [4.78, 5) is 14.0. The largest absolute Gasteiger partial charge is 0.493 e. The fourth-order valence-corrected chi connectivity index (χ4v) is 2.58. The molecule has 0 bridgehead atoms. The zero-order chi connectivity index (χ0) is 16.7. The predicted octanol–water partition coefficient (Wildman–Crippen LogP) is 4.41. The van der Waals surface area contributed by atoms with Crippen LogP contribution >= 0.6 is 15.9 Å². The lowest BCUT2D eigenvalue weighted by Gasteiger charge is -2.21. The molecule has 0 N–H and O–H groups in total. The van der Waals surface area contributed by atoms with Crippen molar-refractivity contribution in [1.29, 1.82) is 0 Å². The molecule has 0 saturated carbocycles. The molecule has 0 aliphatic rings. The third kappa shape index (κ3) is 5.67. The van der Waals surface area contributed by atoms with Crippen molar-refractivity contribution in [3.8, 4) is 5.75 Å². The Balaban J connectivity index is 1.85. The van der Waals surface area contributed by atoms with Gasteiger partial charge in [-0.05, 0) is 42.8 Å². The van der Waals surface area contributed by atoms with E-state index in [4.69, 9.17) is 4.74 Å². The molecule has 0 aliphatic heterocycles. The molecule has 2 aromatic carbocycles. The Morgan fingerprint density at radius 3 is 2.70 bits per heavy atom. The zero-order valence-electron chi connectivity index (χ0n) is 13.0. The third-order valence-electron chi connectivity index (χ3n) is 3.38. The van der Waals surface area contributed by atoms with Gasteiger partial charge in [-0.1, -0.05) is 34.1 Å². The molecule has 0 aromatic heterocycles. The highest BCUT2D eigenvalue weighted by atomic mass is 79.9. The van der Waals surface area contributed by atoms with Crippen molar-refractivity contribution in [1.82, 2.24) is 4.90 Å². The van der Waals surface area contributed by atoms with Gasteiger partial charge in [0.2, 0.25) is 5.91 Å². The number of hydrogen-bond acceptors (Lipinski definition) is 2. The van der Waals surface area contributed by atoms with Crippen molar-refractivity contribution in [3.05, 3.63) is 64.4 Å². The van der Waals surface area contributed by atoms with E-state index >= 15 is 0 Å². The van der Waals surface area contributed by atoms with E-state index in [-0.39, 0.29) is 18.1 Å². The van der Waals surface area contributed by atoms with Crippen molar-refractivity contribution in [3.63, 3.8) is 0 Å². The Labute approximate surface area is 144 Å². The van der Waals surface area contributed by atoms with Gasteiger partial charge in [-0.3, -0.25) is 4.79 Å². The first kappa shape index (κ1) is 17.5. The Bertz CT molecular complexity index is 663. The summed E-state index contributed by atoms with van der Waals surface area (Å²) in [6, 6.07) is 13.8. The maximum absolute atomic E-state index is 13.2. The summed E-state index contributed by atoms with van der Waals surface area (Å²) < 4.78 is 19.7.